The zero-order valence-corrected chi connectivity index (χ0v) is 14.6. The first-order valence-corrected chi connectivity index (χ1v) is 8.83. The lowest BCUT2D eigenvalue weighted by Gasteiger charge is -2.32. The van der Waals surface area contributed by atoms with E-state index >= 15 is 0 Å². The van der Waals surface area contributed by atoms with Crippen molar-refractivity contribution in [3.05, 3.63) is 70.1 Å². The Hall–Kier alpha value is -2.40. The SMILES string of the molecule is Cn1cccc(C(=O)NCC2CCN(Cc3ccccc3)CC2)c1=O. The molecule has 2 aromatic rings. The molecular formula is C20H25N3O2. The summed E-state index contributed by atoms with van der Waals surface area (Å²) in [4.78, 5) is 26.7. The summed E-state index contributed by atoms with van der Waals surface area (Å²) in [5.74, 6) is 0.205. The Labute approximate surface area is 148 Å². The van der Waals surface area contributed by atoms with Gasteiger partial charge in [-0.05, 0) is 49.5 Å². The molecule has 1 fully saturated rings. The molecule has 2 heterocycles. The van der Waals surface area contributed by atoms with E-state index in [-0.39, 0.29) is 17.0 Å². The van der Waals surface area contributed by atoms with Gasteiger partial charge in [0.25, 0.3) is 11.5 Å². The molecule has 0 atom stereocenters. The van der Waals surface area contributed by atoms with Crippen molar-refractivity contribution >= 4 is 5.91 Å². The number of hydrogen-bond donors (Lipinski definition) is 1. The normalized spacial score (nSPS) is 15.9. The molecule has 0 unspecified atom stereocenters. The molecule has 3 rings (SSSR count). The summed E-state index contributed by atoms with van der Waals surface area (Å²) in [5, 5.41) is 2.93. The van der Waals surface area contributed by atoms with Crippen LogP contribution in [0, 0.1) is 5.92 Å². The highest BCUT2D eigenvalue weighted by Crippen LogP contribution is 2.18. The Morgan fingerprint density at radius 2 is 1.84 bits per heavy atom. The third kappa shape index (κ3) is 4.57. The number of benzene rings is 1. The molecule has 132 valence electrons. The van der Waals surface area contributed by atoms with Crippen LogP contribution >= 0.6 is 0 Å². The Bertz CT molecular complexity index is 762. The lowest BCUT2D eigenvalue weighted by Crippen LogP contribution is -2.39. The van der Waals surface area contributed by atoms with E-state index in [1.165, 1.54) is 10.1 Å². The number of nitrogens with one attached hydrogen (secondary N) is 1. The molecule has 1 aromatic heterocycles. The van der Waals surface area contributed by atoms with E-state index in [1.807, 2.05) is 6.07 Å². The fourth-order valence-electron chi connectivity index (χ4n) is 3.29. The highest BCUT2D eigenvalue weighted by atomic mass is 16.2. The zero-order chi connectivity index (χ0) is 17.6. The predicted octanol–water partition coefficient (Wildman–Crippen LogP) is 2.03. The highest BCUT2D eigenvalue weighted by molar-refractivity contribution is 5.93. The highest BCUT2D eigenvalue weighted by Gasteiger charge is 2.20. The molecule has 1 saturated heterocycles. The standard InChI is InChI=1S/C20H25N3O2/c1-22-11-5-8-18(20(22)25)19(24)21-14-16-9-12-23(13-10-16)15-17-6-3-2-4-7-17/h2-8,11,16H,9-10,12-15H2,1H3,(H,21,24). The van der Waals surface area contributed by atoms with Gasteiger partial charge in [0, 0.05) is 26.3 Å². The molecule has 1 aliphatic rings. The number of carbonyl (C=O) groups is 1. The predicted molar refractivity (Wildman–Crippen MR) is 98.5 cm³/mol. The molecular weight excluding hydrogens is 314 g/mol. The average Bonchev–Trinajstić information content (AvgIpc) is 2.64. The number of rotatable bonds is 5. The monoisotopic (exact) mass is 339 g/mol. The minimum atomic E-state index is -0.270. The minimum absolute atomic E-state index is 0.214. The molecule has 5 nitrogen and oxygen atoms in total. The third-order valence-corrected chi connectivity index (χ3v) is 4.88. The third-order valence-electron chi connectivity index (χ3n) is 4.88. The van der Waals surface area contributed by atoms with Crippen molar-refractivity contribution in [2.75, 3.05) is 19.6 Å². The van der Waals surface area contributed by atoms with Crippen molar-refractivity contribution in [2.45, 2.75) is 19.4 Å². The second-order valence-electron chi connectivity index (χ2n) is 6.75. The molecule has 1 aromatic carbocycles. The Kier molecular flexibility index (Phi) is 5.66. The maximum atomic E-state index is 12.2. The van der Waals surface area contributed by atoms with Crippen LogP contribution in [-0.4, -0.2) is 35.0 Å². The van der Waals surface area contributed by atoms with Gasteiger partial charge in [0.15, 0.2) is 0 Å². The summed E-state index contributed by atoms with van der Waals surface area (Å²) < 4.78 is 1.43. The Balaban J connectivity index is 1.45. The number of hydrogen-bond acceptors (Lipinski definition) is 3. The summed E-state index contributed by atoms with van der Waals surface area (Å²) in [6.45, 7) is 3.71. The van der Waals surface area contributed by atoms with Crippen LogP contribution in [0.4, 0.5) is 0 Å². The van der Waals surface area contributed by atoms with Crippen molar-refractivity contribution in [3.8, 4) is 0 Å². The maximum Gasteiger partial charge on any atom is 0.263 e. The zero-order valence-electron chi connectivity index (χ0n) is 14.6. The van der Waals surface area contributed by atoms with E-state index < -0.39 is 0 Å². The van der Waals surface area contributed by atoms with Gasteiger partial charge in [0.1, 0.15) is 5.56 Å². The van der Waals surface area contributed by atoms with E-state index in [1.54, 1.807) is 25.4 Å². The van der Waals surface area contributed by atoms with E-state index in [2.05, 4.69) is 34.5 Å². The first-order valence-electron chi connectivity index (χ1n) is 8.83. The molecule has 1 aliphatic heterocycles. The lowest BCUT2D eigenvalue weighted by molar-refractivity contribution is 0.0933. The summed E-state index contributed by atoms with van der Waals surface area (Å²) in [6, 6.07) is 13.8. The van der Waals surface area contributed by atoms with Gasteiger partial charge in [0.05, 0.1) is 0 Å². The molecule has 0 aliphatic carbocycles. The van der Waals surface area contributed by atoms with Crippen molar-refractivity contribution in [3.63, 3.8) is 0 Å². The molecule has 0 saturated carbocycles. The van der Waals surface area contributed by atoms with Crippen LogP contribution in [0.2, 0.25) is 0 Å². The van der Waals surface area contributed by atoms with Gasteiger partial charge in [-0.3, -0.25) is 14.5 Å². The van der Waals surface area contributed by atoms with Gasteiger partial charge < -0.3 is 9.88 Å². The van der Waals surface area contributed by atoms with Crippen molar-refractivity contribution in [1.82, 2.24) is 14.8 Å². The number of piperidine rings is 1. The van der Waals surface area contributed by atoms with Crippen LogP contribution in [0.3, 0.4) is 0 Å². The van der Waals surface area contributed by atoms with E-state index in [0.29, 0.717) is 12.5 Å². The van der Waals surface area contributed by atoms with E-state index in [0.717, 1.165) is 32.5 Å². The lowest BCUT2D eigenvalue weighted by atomic mass is 9.96. The first kappa shape index (κ1) is 17.4. The second kappa shape index (κ2) is 8.12. The molecule has 25 heavy (non-hydrogen) atoms. The van der Waals surface area contributed by atoms with Gasteiger partial charge >= 0.3 is 0 Å². The number of aryl methyl sites for hydroxylation is 1. The van der Waals surface area contributed by atoms with Crippen molar-refractivity contribution < 1.29 is 4.79 Å². The van der Waals surface area contributed by atoms with Gasteiger partial charge in [-0.25, -0.2) is 0 Å². The quantitative estimate of drug-likeness (QED) is 0.907. The molecule has 1 N–H and O–H groups in total. The van der Waals surface area contributed by atoms with Crippen molar-refractivity contribution in [1.29, 1.82) is 0 Å². The van der Waals surface area contributed by atoms with Crippen molar-refractivity contribution in [2.24, 2.45) is 13.0 Å². The van der Waals surface area contributed by atoms with Gasteiger partial charge in [-0.2, -0.15) is 0 Å². The van der Waals surface area contributed by atoms with Gasteiger partial charge in [0.2, 0.25) is 0 Å². The Morgan fingerprint density at radius 1 is 1.12 bits per heavy atom. The van der Waals surface area contributed by atoms with Crippen LogP contribution in [-0.2, 0) is 13.6 Å². The van der Waals surface area contributed by atoms with Crippen LogP contribution in [0.5, 0.6) is 0 Å². The number of pyridine rings is 1. The van der Waals surface area contributed by atoms with Crippen LogP contribution < -0.4 is 10.9 Å². The Morgan fingerprint density at radius 3 is 2.56 bits per heavy atom. The summed E-state index contributed by atoms with van der Waals surface area (Å²) in [7, 11) is 1.65. The first-order chi connectivity index (χ1) is 12.1. The largest absolute Gasteiger partial charge is 0.352 e. The molecule has 5 heteroatoms. The molecule has 0 spiro atoms. The summed E-state index contributed by atoms with van der Waals surface area (Å²) >= 11 is 0. The number of amides is 1. The van der Waals surface area contributed by atoms with E-state index in [9.17, 15) is 9.59 Å². The fraction of sp³-hybridized carbons (Fsp3) is 0.400. The van der Waals surface area contributed by atoms with Crippen LogP contribution in [0.15, 0.2) is 53.5 Å². The van der Waals surface area contributed by atoms with Gasteiger partial charge in [-0.1, -0.05) is 30.3 Å². The van der Waals surface area contributed by atoms with Gasteiger partial charge in [-0.15, -0.1) is 0 Å². The number of nitrogens with zero attached hydrogens (tertiary/aromatic N) is 2. The van der Waals surface area contributed by atoms with Crippen LogP contribution in [0.25, 0.3) is 0 Å². The summed E-state index contributed by atoms with van der Waals surface area (Å²) in [6.07, 6.45) is 3.79. The smallest absolute Gasteiger partial charge is 0.263 e. The average molecular weight is 339 g/mol. The maximum absolute atomic E-state index is 12.2. The molecule has 0 bridgehead atoms. The number of likely N-dealkylation sites (tertiary alicyclic amines) is 1. The minimum Gasteiger partial charge on any atom is -0.352 e. The number of aromatic nitrogens is 1. The van der Waals surface area contributed by atoms with Crippen LogP contribution in [0.1, 0.15) is 28.8 Å². The summed E-state index contributed by atoms with van der Waals surface area (Å²) in [5.41, 5.74) is 1.30. The molecule has 1 amide bonds. The second-order valence-corrected chi connectivity index (χ2v) is 6.75. The topological polar surface area (TPSA) is 54.3 Å². The van der Waals surface area contributed by atoms with E-state index in [4.69, 9.17) is 0 Å². The fourth-order valence-corrected chi connectivity index (χ4v) is 3.29. The number of carbonyl (C=O) groups excluding carboxylic acids is 1. The molecule has 0 radical (unpaired) electrons.